The van der Waals surface area contributed by atoms with E-state index in [1.54, 1.807) is 10.7 Å². The highest BCUT2D eigenvalue weighted by molar-refractivity contribution is 5.77. The first-order chi connectivity index (χ1) is 11.7. The van der Waals surface area contributed by atoms with Gasteiger partial charge in [0.1, 0.15) is 12.1 Å². The Morgan fingerprint density at radius 3 is 2.92 bits per heavy atom. The second-order valence-corrected chi connectivity index (χ2v) is 5.52. The third-order valence-electron chi connectivity index (χ3n) is 3.54. The van der Waals surface area contributed by atoms with Gasteiger partial charge in [-0.1, -0.05) is 17.7 Å². The molecule has 7 nitrogen and oxygen atoms in total. The third kappa shape index (κ3) is 4.28. The summed E-state index contributed by atoms with van der Waals surface area (Å²) in [5, 5.41) is 6.90. The van der Waals surface area contributed by atoms with E-state index in [1.807, 2.05) is 37.4 Å². The smallest absolute Gasteiger partial charge is 0.257 e. The van der Waals surface area contributed by atoms with Gasteiger partial charge >= 0.3 is 0 Å². The van der Waals surface area contributed by atoms with Gasteiger partial charge in [-0.3, -0.25) is 4.79 Å². The summed E-state index contributed by atoms with van der Waals surface area (Å²) in [5.74, 6) is 1.16. The number of nitrogens with zero attached hydrogens (tertiary/aromatic N) is 4. The number of carbonyl (C=O) groups is 1. The summed E-state index contributed by atoms with van der Waals surface area (Å²) >= 11 is 0. The molecule has 0 unspecified atom stereocenters. The zero-order chi connectivity index (χ0) is 16.8. The molecule has 0 aliphatic carbocycles. The van der Waals surface area contributed by atoms with Crippen molar-refractivity contribution in [2.45, 2.75) is 19.8 Å². The third-order valence-corrected chi connectivity index (χ3v) is 3.54. The average molecular weight is 325 g/mol. The molecule has 0 radical (unpaired) electrons. The largest absolute Gasteiger partial charge is 0.484 e. The zero-order valence-corrected chi connectivity index (χ0v) is 13.5. The Kier molecular flexibility index (Phi) is 5.00. The van der Waals surface area contributed by atoms with Gasteiger partial charge in [0.05, 0.1) is 0 Å². The molecule has 2 heterocycles. The van der Waals surface area contributed by atoms with Crippen LogP contribution in [0, 0.1) is 6.92 Å². The molecule has 0 aliphatic heterocycles. The Labute approximate surface area is 139 Å². The quantitative estimate of drug-likeness (QED) is 0.667. The molecule has 0 aliphatic rings. The number of amides is 1. The molecule has 3 aromatic rings. The lowest BCUT2D eigenvalue weighted by atomic mass is 10.2. The normalized spacial score (nSPS) is 10.7. The second-order valence-electron chi connectivity index (χ2n) is 5.52. The van der Waals surface area contributed by atoms with Crippen molar-refractivity contribution in [3.05, 3.63) is 54.1 Å². The molecule has 1 amide bonds. The molecule has 0 bridgehead atoms. The SMILES string of the molecule is Cc1ccc(OCC(=O)NCCCc2cnc3ncnn3c2)cc1. The topological polar surface area (TPSA) is 81.4 Å². The summed E-state index contributed by atoms with van der Waals surface area (Å²) in [7, 11) is 0. The molecule has 1 aromatic carbocycles. The molecule has 1 N–H and O–H groups in total. The van der Waals surface area contributed by atoms with Gasteiger partial charge in [0.2, 0.25) is 0 Å². The summed E-state index contributed by atoms with van der Waals surface area (Å²) in [4.78, 5) is 20.0. The van der Waals surface area contributed by atoms with E-state index in [4.69, 9.17) is 4.74 Å². The van der Waals surface area contributed by atoms with Crippen LogP contribution >= 0.6 is 0 Å². The maximum Gasteiger partial charge on any atom is 0.257 e. The molecule has 124 valence electrons. The van der Waals surface area contributed by atoms with E-state index < -0.39 is 0 Å². The molecular weight excluding hydrogens is 306 g/mol. The fourth-order valence-electron chi connectivity index (χ4n) is 2.24. The van der Waals surface area contributed by atoms with Crippen LogP contribution in [-0.2, 0) is 11.2 Å². The first-order valence-corrected chi connectivity index (χ1v) is 7.81. The lowest BCUT2D eigenvalue weighted by Gasteiger charge is -2.08. The number of carbonyl (C=O) groups excluding carboxylic acids is 1. The molecular formula is C17H19N5O2. The van der Waals surface area contributed by atoms with Crippen molar-refractivity contribution >= 4 is 11.7 Å². The molecule has 3 rings (SSSR count). The number of aryl methyl sites for hydroxylation is 2. The summed E-state index contributed by atoms with van der Waals surface area (Å²) in [5.41, 5.74) is 2.21. The first-order valence-electron chi connectivity index (χ1n) is 7.81. The summed E-state index contributed by atoms with van der Waals surface area (Å²) in [6, 6.07) is 7.62. The van der Waals surface area contributed by atoms with E-state index >= 15 is 0 Å². The monoisotopic (exact) mass is 325 g/mol. The minimum atomic E-state index is -0.125. The number of hydrogen-bond donors (Lipinski definition) is 1. The Hall–Kier alpha value is -2.96. The van der Waals surface area contributed by atoms with Crippen molar-refractivity contribution in [1.82, 2.24) is 24.9 Å². The van der Waals surface area contributed by atoms with Gasteiger partial charge in [-0.25, -0.2) is 9.50 Å². The molecule has 0 saturated carbocycles. The maximum absolute atomic E-state index is 11.8. The van der Waals surface area contributed by atoms with E-state index in [-0.39, 0.29) is 12.5 Å². The Balaban J connectivity index is 1.36. The van der Waals surface area contributed by atoms with Gasteiger partial charge < -0.3 is 10.1 Å². The van der Waals surface area contributed by atoms with Crippen molar-refractivity contribution in [3.63, 3.8) is 0 Å². The summed E-state index contributed by atoms with van der Waals surface area (Å²) in [6.45, 7) is 2.62. The number of rotatable bonds is 7. The van der Waals surface area contributed by atoms with Gasteiger partial charge in [0.25, 0.3) is 11.7 Å². The van der Waals surface area contributed by atoms with E-state index in [9.17, 15) is 4.79 Å². The van der Waals surface area contributed by atoms with Crippen LogP contribution in [0.5, 0.6) is 5.75 Å². The second kappa shape index (κ2) is 7.54. The first kappa shape index (κ1) is 15.9. The molecule has 0 atom stereocenters. The van der Waals surface area contributed by atoms with Crippen LogP contribution in [0.4, 0.5) is 0 Å². The number of benzene rings is 1. The number of aromatic nitrogens is 4. The predicted molar refractivity (Wildman–Crippen MR) is 88.8 cm³/mol. The predicted octanol–water partition coefficient (Wildman–Crippen LogP) is 1.56. The average Bonchev–Trinajstić information content (AvgIpc) is 3.06. The van der Waals surface area contributed by atoms with Crippen LogP contribution in [-0.4, -0.2) is 38.6 Å². The van der Waals surface area contributed by atoms with E-state index in [1.165, 1.54) is 6.33 Å². The highest BCUT2D eigenvalue weighted by Crippen LogP contribution is 2.10. The number of fused-ring (bicyclic) bond motifs is 1. The van der Waals surface area contributed by atoms with Crippen molar-refractivity contribution in [3.8, 4) is 5.75 Å². The van der Waals surface area contributed by atoms with E-state index in [2.05, 4.69) is 20.4 Å². The fourth-order valence-corrected chi connectivity index (χ4v) is 2.24. The maximum atomic E-state index is 11.8. The van der Waals surface area contributed by atoms with Crippen LogP contribution in [0.3, 0.4) is 0 Å². The molecule has 0 spiro atoms. The molecule has 0 fully saturated rings. The van der Waals surface area contributed by atoms with Gasteiger partial charge in [-0.15, -0.1) is 0 Å². The van der Waals surface area contributed by atoms with Crippen LogP contribution in [0.25, 0.3) is 5.78 Å². The van der Waals surface area contributed by atoms with Crippen LogP contribution in [0.2, 0.25) is 0 Å². The van der Waals surface area contributed by atoms with E-state index in [0.717, 1.165) is 24.0 Å². The van der Waals surface area contributed by atoms with Crippen molar-refractivity contribution < 1.29 is 9.53 Å². The number of nitrogens with one attached hydrogen (secondary N) is 1. The molecule has 24 heavy (non-hydrogen) atoms. The van der Waals surface area contributed by atoms with Gasteiger partial charge in [0.15, 0.2) is 6.61 Å². The Morgan fingerprint density at radius 2 is 2.08 bits per heavy atom. The van der Waals surface area contributed by atoms with Crippen LogP contribution in [0.15, 0.2) is 43.0 Å². The molecule has 2 aromatic heterocycles. The van der Waals surface area contributed by atoms with Crippen molar-refractivity contribution in [1.29, 1.82) is 0 Å². The lowest BCUT2D eigenvalue weighted by Crippen LogP contribution is -2.29. The highest BCUT2D eigenvalue weighted by atomic mass is 16.5. The Morgan fingerprint density at radius 1 is 1.25 bits per heavy atom. The lowest BCUT2D eigenvalue weighted by molar-refractivity contribution is -0.123. The van der Waals surface area contributed by atoms with Crippen molar-refractivity contribution in [2.75, 3.05) is 13.2 Å². The molecule has 7 heteroatoms. The van der Waals surface area contributed by atoms with Gasteiger partial charge in [-0.2, -0.15) is 10.1 Å². The zero-order valence-electron chi connectivity index (χ0n) is 13.5. The van der Waals surface area contributed by atoms with E-state index in [0.29, 0.717) is 18.1 Å². The fraction of sp³-hybridized carbons (Fsp3) is 0.294. The van der Waals surface area contributed by atoms with Crippen molar-refractivity contribution in [2.24, 2.45) is 0 Å². The number of hydrogen-bond acceptors (Lipinski definition) is 5. The van der Waals surface area contributed by atoms with Gasteiger partial charge in [-0.05, 0) is 37.5 Å². The standard InChI is InChI=1S/C17H19N5O2/c1-13-4-6-15(7-5-13)24-11-16(23)18-8-2-3-14-9-19-17-20-12-21-22(17)10-14/h4-7,9-10,12H,2-3,8,11H2,1H3,(H,18,23). The summed E-state index contributed by atoms with van der Waals surface area (Å²) < 4.78 is 7.08. The Bertz CT molecular complexity index is 813. The van der Waals surface area contributed by atoms with Gasteiger partial charge in [0, 0.05) is 18.9 Å². The molecule has 0 saturated heterocycles. The minimum absolute atomic E-state index is 0.0233. The number of ether oxygens (including phenoxy) is 1. The highest BCUT2D eigenvalue weighted by Gasteiger charge is 2.03. The summed E-state index contributed by atoms with van der Waals surface area (Å²) in [6.07, 6.45) is 6.78. The van der Waals surface area contributed by atoms with Crippen LogP contribution < -0.4 is 10.1 Å². The van der Waals surface area contributed by atoms with Crippen LogP contribution in [0.1, 0.15) is 17.5 Å². The minimum Gasteiger partial charge on any atom is -0.484 e.